The van der Waals surface area contributed by atoms with E-state index < -0.39 is 21.0 Å². The molecule has 0 rings (SSSR count). The second kappa shape index (κ2) is 26.6. The van der Waals surface area contributed by atoms with Crippen LogP contribution >= 0.6 is 0 Å². The van der Waals surface area contributed by atoms with Crippen LogP contribution < -0.4 is 0 Å². The summed E-state index contributed by atoms with van der Waals surface area (Å²) in [6.45, 7) is 15.9. The van der Waals surface area contributed by atoms with Crippen molar-refractivity contribution in [3.63, 3.8) is 0 Å². The van der Waals surface area contributed by atoms with Crippen LogP contribution in [0.5, 0.6) is 0 Å². The van der Waals surface area contributed by atoms with Gasteiger partial charge in [0.15, 0.2) is 9.84 Å². The van der Waals surface area contributed by atoms with Gasteiger partial charge in [0.25, 0.3) is 0 Å². The lowest BCUT2D eigenvalue weighted by molar-refractivity contribution is -0.157. The van der Waals surface area contributed by atoms with Gasteiger partial charge in [-0.05, 0) is 41.5 Å². The van der Waals surface area contributed by atoms with E-state index in [1.54, 1.807) is 0 Å². The van der Waals surface area contributed by atoms with Crippen molar-refractivity contribution in [1.82, 2.24) is 0 Å². The van der Waals surface area contributed by atoms with Crippen LogP contribution in [-0.4, -0.2) is 149 Å². The Hall–Kier alpha value is -1.43. The van der Waals surface area contributed by atoms with Crippen molar-refractivity contribution in [2.75, 3.05) is 117 Å². The number of ether oxygens (including phenoxy) is 10. The SMILES string of the molecule is CC(C)(C)OC(=O)CCOCCOCCOCCOCCS(=O)(=O)CCOCCOCCOCCOCCC(=O)OC(C)(C)C. The van der Waals surface area contributed by atoms with Gasteiger partial charge in [-0.15, -0.1) is 0 Å². The predicted molar refractivity (Wildman–Crippen MR) is 166 cm³/mol. The van der Waals surface area contributed by atoms with Crippen molar-refractivity contribution in [2.45, 2.75) is 65.6 Å². The smallest absolute Gasteiger partial charge is 0.308 e. The lowest BCUT2D eigenvalue weighted by Crippen LogP contribution is -2.24. The van der Waals surface area contributed by atoms with E-state index in [1.807, 2.05) is 41.5 Å². The second-order valence-electron chi connectivity index (χ2n) is 11.7. The Morgan fingerprint density at radius 3 is 0.867 bits per heavy atom. The minimum atomic E-state index is -3.28. The molecule has 0 aliphatic rings. The van der Waals surface area contributed by atoms with Crippen LogP contribution in [-0.2, 0) is 66.8 Å². The number of esters is 2. The number of hydrogen-bond acceptors (Lipinski definition) is 14. The molecular formula is C30H58O14S. The maximum absolute atomic E-state index is 12.1. The fourth-order valence-electron chi connectivity index (χ4n) is 3.09. The Morgan fingerprint density at radius 1 is 0.400 bits per heavy atom. The van der Waals surface area contributed by atoms with E-state index in [0.29, 0.717) is 66.1 Å². The summed E-state index contributed by atoms with van der Waals surface area (Å²) >= 11 is 0. The highest BCUT2D eigenvalue weighted by Gasteiger charge is 2.16. The summed E-state index contributed by atoms with van der Waals surface area (Å²) in [5, 5.41) is 0. The number of hydrogen-bond donors (Lipinski definition) is 0. The molecule has 0 radical (unpaired) electrons. The van der Waals surface area contributed by atoms with Gasteiger partial charge in [0, 0.05) is 0 Å². The molecule has 0 spiro atoms. The highest BCUT2D eigenvalue weighted by molar-refractivity contribution is 7.91. The fourth-order valence-corrected chi connectivity index (χ4v) is 4.04. The molecule has 0 unspecified atom stereocenters. The molecule has 0 aliphatic heterocycles. The largest absolute Gasteiger partial charge is 0.460 e. The van der Waals surface area contributed by atoms with Gasteiger partial charge in [-0.3, -0.25) is 9.59 Å². The summed E-state index contributed by atoms with van der Waals surface area (Å²) in [6.07, 6.45) is 0.396. The van der Waals surface area contributed by atoms with Crippen LogP contribution in [0, 0.1) is 0 Å². The van der Waals surface area contributed by atoms with Crippen LogP contribution in [0.2, 0.25) is 0 Å². The number of carbonyl (C=O) groups is 2. The van der Waals surface area contributed by atoms with Gasteiger partial charge in [-0.25, -0.2) is 8.42 Å². The highest BCUT2D eigenvalue weighted by Crippen LogP contribution is 2.09. The Kier molecular flexibility index (Phi) is 25.8. The lowest BCUT2D eigenvalue weighted by Gasteiger charge is -2.19. The third kappa shape index (κ3) is 35.3. The first-order chi connectivity index (χ1) is 21.2. The Balaban J connectivity index is 3.40. The summed E-state index contributed by atoms with van der Waals surface area (Å²) in [5.74, 6) is -0.771. The second-order valence-corrected chi connectivity index (χ2v) is 14.0. The van der Waals surface area contributed by atoms with Crippen molar-refractivity contribution < 1.29 is 65.4 Å². The molecule has 0 saturated carbocycles. The fraction of sp³-hybridized carbons (Fsp3) is 0.933. The van der Waals surface area contributed by atoms with Gasteiger partial charge in [0.2, 0.25) is 0 Å². The quantitative estimate of drug-likeness (QED) is 0.0804. The molecule has 0 bridgehead atoms. The monoisotopic (exact) mass is 674 g/mol. The molecule has 0 N–H and O–H groups in total. The van der Waals surface area contributed by atoms with Crippen molar-refractivity contribution in [2.24, 2.45) is 0 Å². The third-order valence-electron chi connectivity index (χ3n) is 5.05. The predicted octanol–water partition coefficient (Wildman–Crippen LogP) is 2.00. The van der Waals surface area contributed by atoms with Gasteiger partial charge in [-0.2, -0.15) is 0 Å². The molecule has 0 heterocycles. The summed E-state index contributed by atoms with van der Waals surface area (Å²) < 4.78 is 77.4. The average Bonchev–Trinajstić information content (AvgIpc) is 2.91. The summed E-state index contributed by atoms with van der Waals surface area (Å²) in [4.78, 5) is 23.1. The van der Waals surface area contributed by atoms with E-state index in [0.717, 1.165) is 0 Å². The Bertz CT molecular complexity index is 775. The molecule has 0 aromatic rings. The van der Waals surface area contributed by atoms with Crippen LogP contribution in [0.4, 0.5) is 0 Å². The molecule has 0 fully saturated rings. The van der Waals surface area contributed by atoms with Crippen molar-refractivity contribution >= 4 is 21.8 Å². The maximum Gasteiger partial charge on any atom is 0.308 e. The minimum Gasteiger partial charge on any atom is -0.460 e. The molecule has 45 heavy (non-hydrogen) atoms. The minimum absolute atomic E-state index is 0.0840. The van der Waals surface area contributed by atoms with E-state index in [1.165, 1.54) is 0 Å². The number of sulfone groups is 1. The van der Waals surface area contributed by atoms with Gasteiger partial charge < -0.3 is 47.4 Å². The molecule has 0 aromatic heterocycles. The average molecular weight is 675 g/mol. The van der Waals surface area contributed by atoms with Crippen LogP contribution in [0.15, 0.2) is 0 Å². The van der Waals surface area contributed by atoms with E-state index in [2.05, 4.69) is 0 Å². The lowest BCUT2D eigenvalue weighted by atomic mass is 10.2. The molecule has 15 heteroatoms. The van der Waals surface area contributed by atoms with E-state index in [4.69, 9.17) is 47.4 Å². The van der Waals surface area contributed by atoms with Gasteiger partial charge in [0.1, 0.15) is 11.2 Å². The van der Waals surface area contributed by atoms with Crippen LogP contribution in [0.3, 0.4) is 0 Å². The molecule has 0 aliphatic carbocycles. The first kappa shape index (κ1) is 43.6. The summed E-state index contributed by atoms with van der Waals surface area (Å²) in [6, 6.07) is 0. The zero-order valence-electron chi connectivity index (χ0n) is 28.3. The van der Waals surface area contributed by atoms with E-state index in [-0.39, 0.29) is 75.9 Å². The first-order valence-electron chi connectivity index (χ1n) is 15.5. The normalized spacial score (nSPS) is 12.4. The van der Waals surface area contributed by atoms with E-state index >= 15 is 0 Å². The van der Waals surface area contributed by atoms with Crippen molar-refractivity contribution in [3.05, 3.63) is 0 Å². The van der Waals surface area contributed by atoms with Crippen molar-refractivity contribution in [3.8, 4) is 0 Å². The van der Waals surface area contributed by atoms with Gasteiger partial charge >= 0.3 is 11.9 Å². The zero-order valence-corrected chi connectivity index (χ0v) is 29.1. The van der Waals surface area contributed by atoms with Crippen LogP contribution in [0.25, 0.3) is 0 Å². The maximum atomic E-state index is 12.1. The highest BCUT2D eigenvalue weighted by atomic mass is 32.2. The molecular weight excluding hydrogens is 616 g/mol. The van der Waals surface area contributed by atoms with Gasteiger partial charge in [-0.1, -0.05) is 0 Å². The van der Waals surface area contributed by atoms with Crippen molar-refractivity contribution in [1.29, 1.82) is 0 Å². The van der Waals surface area contributed by atoms with Crippen LogP contribution in [0.1, 0.15) is 54.4 Å². The topological polar surface area (TPSA) is 161 Å². The summed E-state index contributed by atoms with van der Waals surface area (Å²) in [7, 11) is -3.28. The molecule has 0 atom stereocenters. The third-order valence-corrected chi connectivity index (χ3v) is 6.63. The standard InChI is InChI=1S/C30H58O14S/c1-29(2,3)43-27(31)7-9-35-11-13-37-15-17-39-19-21-41-23-25-45(33,34)26-24-42-22-20-40-18-16-38-14-12-36-10-8-28(32)44-30(4,5)6/h7-26H2,1-6H3. The molecule has 14 nitrogen and oxygen atoms in total. The molecule has 0 aromatic carbocycles. The zero-order chi connectivity index (χ0) is 33.9. The number of rotatable bonds is 30. The molecule has 268 valence electrons. The van der Waals surface area contributed by atoms with E-state index in [9.17, 15) is 18.0 Å². The number of carbonyl (C=O) groups excluding carboxylic acids is 2. The van der Waals surface area contributed by atoms with Gasteiger partial charge in [0.05, 0.1) is 130 Å². The molecule has 0 saturated heterocycles. The summed E-state index contributed by atoms with van der Waals surface area (Å²) in [5.41, 5.74) is -0.998. The molecule has 0 amide bonds. The Labute approximate surface area is 269 Å². The Morgan fingerprint density at radius 2 is 0.622 bits per heavy atom. The first-order valence-corrected chi connectivity index (χ1v) is 17.3.